The third-order valence-corrected chi connectivity index (χ3v) is 5.76. The fourth-order valence-corrected chi connectivity index (χ4v) is 4.60. The van der Waals surface area contributed by atoms with Gasteiger partial charge in [-0.15, -0.1) is 11.3 Å². The monoisotopic (exact) mass is 340 g/mol. The van der Waals surface area contributed by atoms with Crippen LogP contribution in [0.4, 0.5) is 0 Å². The molecule has 1 atom stereocenters. The van der Waals surface area contributed by atoms with Crippen molar-refractivity contribution in [1.29, 1.82) is 0 Å². The highest BCUT2D eigenvalue weighted by Gasteiger charge is 2.34. The molecule has 0 bridgehead atoms. The Balaban J connectivity index is 2.08. The first-order chi connectivity index (χ1) is 9.89. The number of fused-ring (bicyclic) bond motifs is 1. The zero-order valence-electron chi connectivity index (χ0n) is 12.3. The van der Waals surface area contributed by atoms with E-state index in [1.807, 2.05) is 19.2 Å². The smallest absolute Gasteiger partial charge is 0.125 e. The Morgan fingerprint density at radius 3 is 2.81 bits per heavy atom. The fourth-order valence-electron chi connectivity index (χ4n) is 2.94. The van der Waals surface area contributed by atoms with Gasteiger partial charge >= 0.3 is 0 Å². The van der Waals surface area contributed by atoms with Crippen LogP contribution in [-0.2, 0) is 6.42 Å². The average molecular weight is 341 g/mol. The van der Waals surface area contributed by atoms with E-state index >= 15 is 0 Å². The van der Waals surface area contributed by atoms with Crippen LogP contribution in [0.5, 0.6) is 0 Å². The lowest BCUT2D eigenvalue weighted by atomic mass is 9.76. The highest BCUT2D eigenvalue weighted by atomic mass is 35.5. The number of halogens is 2. The molecule has 0 fully saturated rings. The quantitative estimate of drug-likeness (QED) is 0.796. The van der Waals surface area contributed by atoms with Gasteiger partial charge in [-0.3, -0.25) is 0 Å². The minimum Gasteiger partial charge on any atom is -0.312 e. The van der Waals surface area contributed by atoms with Crippen LogP contribution in [0.15, 0.2) is 18.2 Å². The molecule has 0 amide bonds. The van der Waals surface area contributed by atoms with Crippen LogP contribution < -0.4 is 5.32 Å². The Hall–Kier alpha value is -0.610. The third-order valence-electron chi connectivity index (χ3n) is 3.95. The highest BCUT2D eigenvalue weighted by molar-refractivity contribution is 7.15. The summed E-state index contributed by atoms with van der Waals surface area (Å²) in [5.74, 6) is 0. The van der Waals surface area contributed by atoms with Gasteiger partial charge in [0.25, 0.3) is 0 Å². The van der Waals surface area contributed by atoms with Crippen molar-refractivity contribution in [2.75, 3.05) is 7.05 Å². The zero-order valence-corrected chi connectivity index (χ0v) is 14.7. The van der Waals surface area contributed by atoms with E-state index in [1.165, 1.54) is 10.6 Å². The van der Waals surface area contributed by atoms with Gasteiger partial charge in [-0.05, 0) is 43.5 Å². The predicted molar refractivity (Wildman–Crippen MR) is 91.5 cm³/mol. The van der Waals surface area contributed by atoms with Crippen molar-refractivity contribution < 1.29 is 0 Å². The lowest BCUT2D eigenvalue weighted by molar-refractivity contribution is 0.265. The van der Waals surface area contributed by atoms with Crippen LogP contribution in [0.3, 0.4) is 0 Å². The van der Waals surface area contributed by atoms with E-state index in [2.05, 4.69) is 19.2 Å². The molecule has 1 aromatic heterocycles. The molecule has 1 heterocycles. The van der Waals surface area contributed by atoms with Crippen molar-refractivity contribution in [3.05, 3.63) is 38.8 Å². The van der Waals surface area contributed by atoms with E-state index in [0.29, 0.717) is 16.1 Å². The molecule has 1 aliphatic rings. The van der Waals surface area contributed by atoms with Gasteiger partial charge in [0.15, 0.2) is 0 Å². The fraction of sp³-hybridized carbons (Fsp3) is 0.438. The Labute approximate surface area is 139 Å². The molecule has 3 rings (SSSR count). The second-order valence-electron chi connectivity index (χ2n) is 6.34. The van der Waals surface area contributed by atoms with Crippen molar-refractivity contribution in [2.45, 2.75) is 32.7 Å². The minimum absolute atomic E-state index is 0.268. The molecule has 0 saturated carbocycles. The van der Waals surface area contributed by atoms with Crippen molar-refractivity contribution in [2.24, 2.45) is 5.41 Å². The van der Waals surface area contributed by atoms with Crippen LogP contribution in [0.2, 0.25) is 10.0 Å². The zero-order chi connectivity index (χ0) is 15.2. The van der Waals surface area contributed by atoms with Crippen molar-refractivity contribution in [3.8, 4) is 10.6 Å². The van der Waals surface area contributed by atoms with Gasteiger partial charge in [0.2, 0.25) is 0 Å². The summed E-state index contributed by atoms with van der Waals surface area (Å²) in [7, 11) is 2.02. The lowest BCUT2D eigenvalue weighted by Crippen LogP contribution is -2.30. The molecule has 2 nitrogen and oxygen atoms in total. The first kappa shape index (κ1) is 15.3. The maximum atomic E-state index is 6.31. The second-order valence-corrected chi connectivity index (χ2v) is 8.21. The molecule has 0 radical (unpaired) electrons. The summed E-state index contributed by atoms with van der Waals surface area (Å²) in [6, 6.07) is 5.90. The number of benzene rings is 1. The molecule has 1 unspecified atom stereocenters. The molecule has 1 aliphatic carbocycles. The van der Waals surface area contributed by atoms with Crippen molar-refractivity contribution >= 4 is 34.5 Å². The first-order valence-corrected chi connectivity index (χ1v) is 8.59. The average Bonchev–Trinajstić information content (AvgIpc) is 2.82. The maximum Gasteiger partial charge on any atom is 0.125 e. The second kappa shape index (κ2) is 5.54. The number of hydrogen-bond acceptors (Lipinski definition) is 3. The number of nitrogens with zero attached hydrogens (tertiary/aromatic N) is 1. The first-order valence-electron chi connectivity index (χ1n) is 7.02. The van der Waals surface area contributed by atoms with Gasteiger partial charge in [-0.2, -0.15) is 0 Å². The van der Waals surface area contributed by atoms with Gasteiger partial charge in [0.1, 0.15) is 5.01 Å². The van der Waals surface area contributed by atoms with Gasteiger partial charge < -0.3 is 5.32 Å². The predicted octanol–water partition coefficient (Wildman–Crippen LogP) is 5.35. The van der Waals surface area contributed by atoms with Crippen LogP contribution in [0.25, 0.3) is 10.6 Å². The van der Waals surface area contributed by atoms with Gasteiger partial charge in [-0.1, -0.05) is 37.0 Å². The van der Waals surface area contributed by atoms with Crippen LogP contribution in [0, 0.1) is 5.41 Å². The summed E-state index contributed by atoms with van der Waals surface area (Å²) in [4.78, 5) is 6.19. The van der Waals surface area contributed by atoms with E-state index in [-0.39, 0.29) is 5.41 Å². The standard InChI is InChI=1S/C16H18Cl2N2S/c1-16(2)7-12(19-3)14-13(8-16)20-15(21-14)10-6-9(17)4-5-11(10)18/h4-6,12,19H,7-8H2,1-3H3. The lowest BCUT2D eigenvalue weighted by Gasteiger charge is -2.34. The summed E-state index contributed by atoms with van der Waals surface area (Å²) in [5, 5.41) is 5.77. The maximum absolute atomic E-state index is 6.31. The molecule has 2 aromatic rings. The molecule has 1 aromatic carbocycles. The molecule has 0 aliphatic heterocycles. The molecular weight excluding hydrogens is 323 g/mol. The third kappa shape index (κ3) is 2.98. The largest absolute Gasteiger partial charge is 0.312 e. The molecule has 0 saturated heterocycles. The molecule has 21 heavy (non-hydrogen) atoms. The van der Waals surface area contributed by atoms with Crippen molar-refractivity contribution in [3.63, 3.8) is 0 Å². The van der Waals surface area contributed by atoms with Crippen molar-refractivity contribution in [1.82, 2.24) is 10.3 Å². The van der Waals surface area contributed by atoms with E-state index in [4.69, 9.17) is 28.2 Å². The summed E-state index contributed by atoms with van der Waals surface area (Å²) in [6.07, 6.45) is 2.14. The van der Waals surface area contributed by atoms with Crippen LogP contribution in [-0.4, -0.2) is 12.0 Å². The molecule has 1 N–H and O–H groups in total. The SMILES string of the molecule is CNC1CC(C)(C)Cc2nc(-c3cc(Cl)ccc3Cl)sc21. The summed E-state index contributed by atoms with van der Waals surface area (Å²) >= 11 is 14.1. The highest BCUT2D eigenvalue weighted by Crippen LogP contribution is 2.45. The summed E-state index contributed by atoms with van der Waals surface area (Å²) in [5.41, 5.74) is 2.39. The number of thiazole rings is 1. The molecule has 5 heteroatoms. The Kier molecular flexibility index (Phi) is 4.04. The molecule has 0 spiro atoms. The van der Waals surface area contributed by atoms with Gasteiger partial charge in [0.05, 0.1) is 10.7 Å². The minimum atomic E-state index is 0.268. The summed E-state index contributed by atoms with van der Waals surface area (Å²) in [6.45, 7) is 4.59. The molecule has 112 valence electrons. The van der Waals surface area contributed by atoms with Gasteiger partial charge in [-0.25, -0.2) is 4.98 Å². The Morgan fingerprint density at radius 2 is 2.10 bits per heavy atom. The topological polar surface area (TPSA) is 24.9 Å². The number of hydrogen-bond donors (Lipinski definition) is 1. The van der Waals surface area contributed by atoms with Crippen LogP contribution in [0.1, 0.15) is 36.9 Å². The molecular formula is C16H18Cl2N2S. The number of rotatable bonds is 2. The number of nitrogens with one attached hydrogen (secondary N) is 1. The normalized spacial score (nSPS) is 20.3. The Morgan fingerprint density at radius 1 is 1.33 bits per heavy atom. The van der Waals surface area contributed by atoms with E-state index in [0.717, 1.165) is 23.4 Å². The summed E-state index contributed by atoms with van der Waals surface area (Å²) < 4.78 is 0. The number of aromatic nitrogens is 1. The van der Waals surface area contributed by atoms with E-state index < -0.39 is 0 Å². The van der Waals surface area contributed by atoms with Gasteiger partial charge in [0, 0.05) is 21.5 Å². The van der Waals surface area contributed by atoms with Crippen LogP contribution >= 0.6 is 34.5 Å². The van der Waals surface area contributed by atoms with E-state index in [9.17, 15) is 0 Å². The Bertz CT molecular complexity index is 679. The van der Waals surface area contributed by atoms with E-state index in [1.54, 1.807) is 17.4 Å².